The minimum Gasteiger partial charge on any atom is -0.748 e. The van der Waals surface area contributed by atoms with Gasteiger partial charge >= 0.3 is 0 Å². The topological polar surface area (TPSA) is 17.1 Å². The molecule has 0 N–H and O–H groups in total. The number of carbonyl (C=O) groups is 1. The van der Waals surface area contributed by atoms with Crippen LogP contribution in [-0.4, -0.2) is 11.6 Å². The third-order valence-corrected chi connectivity index (χ3v) is 2.77. The molecule has 0 saturated carbocycles. The number of aryl methyl sites for hydroxylation is 1. The molecule has 0 aromatic heterocycles. The Morgan fingerprint density at radius 2 is 1.82 bits per heavy atom. The van der Waals surface area contributed by atoms with Crippen molar-refractivity contribution >= 4 is 22.2 Å². The van der Waals surface area contributed by atoms with Gasteiger partial charge in [0.25, 0.3) is 0 Å². The van der Waals surface area contributed by atoms with E-state index in [1.165, 1.54) is 5.56 Å². The first-order valence-electron chi connectivity index (χ1n) is 5.31. The van der Waals surface area contributed by atoms with Crippen molar-refractivity contribution in [3.05, 3.63) is 59.7 Å². The van der Waals surface area contributed by atoms with Crippen LogP contribution in [0.1, 0.15) is 22.3 Å². The summed E-state index contributed by atoms with van der Waals surface area (Å²) in [5.41, 5.74) is 2.01. The van der Waals surface area contributed by atoms with Gasteiger partial charge in [-0.2, -0.15) is 11.6 Å². The van der Waals surface area contributed by atoms with Crippen LogP contribution in [0.3, 0.4) is 0 Å². The van der Waals surface area contributed by atoms with Crippen molar-refractivity contribution in [2.24, 2.45) is 0 Å². The molecule has 0 heterocycles. The predicted molar refractivity (Wildman–Crippen MR) is 71.6 cm³/mol. The second kappa shape index (κ2) is 10.5. The molecule has 1 nitrogen and oxygen atoms in total. The van der Waals surface area contributed by atoms with Gasteiger partial charge in [-0.15, -0.1) is 0 Å². The summed E-state index contributed by atoms with van der Waals surface area (Å²) in [5.74, 6) is 0. The van der Waals surface area contributed by atoms with Crippen LogP contribution in [0, 0.1) is 0 Å². The molecule has 0 radical (unpaired) electrons. The van der Waals surface area contributed by atoms with Crippen molar-refractivity contribution in [1.82, 2.24) is 0 Å². The third kappa shape index (κ3) is 6.62. The first-order chi connectivity index (χ1) is 7.88. The Bertz CT molecular complexity index is 361. The van der Waals surface area contributed by atoms with Crippen molar-refractivity contribution in [1.29, 1.82) is 0 Å². The third-order valence-electron chi connectivity index (χ3n) is 2.21. The molecule has 0 saturated heterocycles. The Hall–Kier alpha value is -0.631. The fourth-order valence-corrected chi connectivity index (χ4v) is 1.67. The van der Waals surface area contributed by atoms with Gasteiger partial charge in [0.2, 0.25) is 0 Å². The number of aldehydes is 1. The molecular weight excluding hydrogens is 320 g/mol. The maximum atomic E-state index is 10.4. The van der Waals surface area contributed by atoms with Gasteiger partial charge < -0.3 is 35.1 Å². The quantitative estimate of drug-likeness (QED) is 0.358. The van der Waals surface area contributed by atoms with Gasteiger partial charge in [-0.05, 0) is 12.8 Å². The monoisotopic (exact) mass is 334 g/mol. The van der Waals surface area contributed by atoms with Crippen molar-refractivity contribution in [3.63, 3.8) is 0 Å². The van der Waals surface area contributed by atoms with Gasteiger partial charge in [-0.1, -0.05) is 21.5 Å². The van der Waals surface area contributed by atoms with Gasteiger partial charge in [0, 0.05) is 22.4 Å². The molecule has 0 aliphatic rings. The Morgan fingerprint density at radius 1 is 1.24 bits per heavy atom. The second-order valence-electron chi connectivity index (χ2n) is 3.38. The van der Waals surface area contributed by atoms with E-state index < -0.39 is 0 Å². The van der Waals surface area contributed by atoms with Crippen LogP contribution < -0.4 is 0 Å². The van der Waals surface area contributed by atoms with Crippen molar-refractivity contribution in [2.45, 2.75) is 12.8 Å². The molecule has 0 aliphatic heterocycles. The maximum absolute atomic E-state index is 10.4. The largest absolute Gasteiger partial charge is 0.748 e. The summed E-state index contributed by atoms with van der Waals surface area (Å²) in [6.07, 6.45) is 3.00. The number of hydrogen-bond acceptors (Lipinski definition) is 1. The number of carbonyl (C=O) groups excluding carboxylic acids is 1. The standard InChI is InChI=1S/C9H10BrO.C5H5.Fe/c10-6-2-5-8-3-1-4-9(8)7-11;1-2-4-5-3-1;/h1,3-4,7H,2,5-6H2;1-5H;/q-1;-5;. The molecule has 17 heavy (non-hydrogen) atoms. The summed E-state index contributed by atoms with van der Waals surface area (Å²) >= 11 is 3.35. The molecule has 0 aliphatic carbocycles. The van der Waals surface area contributed by atoms with E-state index >= 15 is 0 Å². The van der Waals surface area contributed by atoms with Crippen LogP contribution in [0.15, 0.2) is 48.5 Å². The van der Waals surface area contributed by atoms with Crippen LogP contribution in [0.25, 0.3) is 0 Å². The van der Waals surface area contributed by atoms with E-state index in [1.54, 1.807) is 0 Å². The average molecular weight is 335 g/mol. The van der Waals surface area contributed by atoms with Crippen molar-refractivity contribution in [3.8, 4) is 0 Å². The Labute approximate surface area is 122 Å². The minimum absolute atomic E-state index is 0. The van der Waals surface area contributed by atoms with E-state index in [4.69, 9.17) is 0 Å². The normalized spacial score (nSPS) is 8.76. The minimum atomic E-state index is 0. The SMILES string of the molecule is O=C[c-]1cccc1CCCBr.[Fe].[cH-]1[cH-][cH-][cH-][cH-]1. The van der Waals surface area contributed by atoms with E-state index in [0.717, 1.165) is 30.0 Å². The van der Waals surface area contributed by atoms with E-state index in [0.29, 0.717) is 0 Å². The maximum Gasteiger partial charge on any atom is 0.0952 e. The Morgan fingerprint density at radius 3 is 2.29 bits per heavy atom. The van der Waals surface area contributed by atoms with E-state index in [1.807, 2.05) is 48.5 Å². The van der Waals surface area contributed by atoms with Gasteiger partial charge in [0.15, 0.2) is 0 Å². The molecule has 98 valence electrons. The fourth-order valence-electron chi connectivity index (χ4n) is 1.39. The summed E-state index contributed by atoms with van der Waals surface area (Å²) in [6.45, 7) is 0. The zero-order valence-corrected chi connectivity index (χ0v) is 12.1. The van der Waals surface area contributed by atoms with Gasteiger partial charge in [-0.3, -0.25) is 0 Å². The first kappa shape index (κ1) is 16.4. The summed E-state index contributed by atoms with van der Waals surface area (Å²) in [4.78, 5) is 10.4. The van der Waals surface area contributed by atoms with Crippen LogP contribution in [0.5, 0.6) is 0 Å². The summed E-state index contributed by atoms with van der Waals surface area (Å²) in [6, 6.07) is 15.8. The average Bonchev–Trinajstić information content (AvgIpc) is 2.99. The van der Waals surface area contributed by atoms with Crippen LogP contribution in [0.2, 0.25) is 0 Å². The number of alkyl halides is 1. The van der Waals surface area contributed by atoms with E-state index in [2.05, 4.69) is 15.9 Å². The summed E-state index contributed by atoms with van der Waals surface area (Å²) in [5, 5.41) is 0.997. The number of rotatable bonds is 4. The van der Waals surface area contributed by atoms with E-state index in [9.17, 15) is 4.79 Å². The smallest absolute Gasteiger partial charge is 0.0952 e. The number of hydrogen-bond donors (Lipinski definition) is 0. The van der Waals surface area contributed by atoms with Crippen LogP contribution in [-0.2, 0) is 23.5 Å². The van der Waals surface area contributed by atoms with Gasteiger partial charge in [-0.25, -0.2) is 12.1 Å². The van der Waals surface area contributed by atoms with Crippen LogP contribution in [0.4, 0.5) is 0 Å². The number of halogens is 1. The molecule has 0 unspecified atom stereocenters. The Kier molecular flexibility index (Phi) is 10.1. The molecule has 0 spiro atoms. The van der Waals surface area contributed by atoms with Gasteiger partial charge in [0.1, 0.15) is 0 Å². The molecule has 0 fully saturated rings. The molecule has 3 heteroatoms. The molecule has 2 aromatic rings. The molecule has 0 atom stereocenters. The predicted octanol–water partition coefficient (Wildman–Crippen LogP) is 3.95. The zero-order valence-electron chi connectivity index (χ0n) is 9.46. The van der Waals surface area contributed by atoms with Crippen molar-refractivity contribution in [2.75, 3.05) is 5.33 Å². The van der Waals surface area contributed by atoms with Gasteiger partial charge in [0.05, 0.1) is 6.29 Å². The molecule has 2 rings (SSSR count). The van der Waals surface area contributed by atoms with Crippen LogP contribution >= 0.6 is 15.9 Å². The second-order valence-corrected chi connectivity index (χ2v) is 4.17. The summed E-state index contributed by atoms with van der Waals surface area (Å²) < 4.78 is 0. The Balaban J connectivity index is 0.000000360. The van der Waals surface area contributed by atoms with Crippen molar-refractivity contribution < 1.29 is 21.9 Å². The summed E-state index contributed by atoms with van der Waals surface area (Å²) in [7, 11) is 0. The molecular formula is C14H15BrFeO-6. The first-order valence-corrected chi connectivity index (χ1v) is 6.43. The zero-order chi connectivity index (χ0) is 11.6. The van der Waals surface area contributed by atoms with E-state index in [-0.39, 0.29) is 17.1 Å². The molecule has 2 aromatic carbocycles. The molecule has 0 amide bonds. The fraction of sp³-hybridized carbons (Fsp3) is 0.214. The molecule has 0 bridgehead atoms.